The molecule has 1 unspecified atom stereocenters. The summed E-state index contributed by atoms with van der Waals surface area (Å²) < 4.78 is 0. The number of piperidine rings is 1. The second kappa shape index (κ2) is 8.24. The van der Waals surface area contributed by atoms with Gasteiger partial charge < -0.3 is 20.4 Å². The van der Waals surface area contributed by atoms with Crippen molar-refractivity contribution in [3.63, 3.8) is 0 Å². The Kier molecular flexibility index (Phi) is 6.14. The first-order valence-electron chi connectivity index (χ1n) is 9.92. The highest BCUT2D eigenvalue weighted by Gasteiger charge is 2.53. The zero-order chi connectivity index (χ0) is 19.0. The minimum absolute atomic E-state index is 0. The van der Waals surface area contributed by atoms with E-state index in [0.717, 1.165) is 37.1 Å². The number of rotatable bonds is 3. The zero-order valence-corrected chi connectivity index (χ0v) is 16.8. The molecule has 3 heterocycles. The maximum Gasteiger partial charge on any atom is 0.325 e. The van der Waals surface area contributed by atoms with E-state index in [1.165, 1.54) is 0 Å². The Hall–Kier alpha value is -1.87. The number of amides is 5. The van der Waals surface area contributed by atoms with Crippen LogP contribution >= 0.6 is 12.4 Å². The molecule has 9 nitrogen and oxygen atoms in total. The number of carbonyl (C=O) groups is 4. The van der Waals surface area contributed by atoms with Gasteiger partial charge in [0.1, 0.15) is 12.1 Å². The summed E-state index contributed by atoms with van der Waals surface area (Å²) in [5.41, 5.74) is -0.783. The second-order valence-electron chi connectivity index (χ2n) is 8.01. The van der Waals surface area contributed by atoms with Crippen molar-refractivity contribution in [2.24, 2.45) is 0 Å². The first-order valence-corrected chi connectivity index (χ1v) is 9.92. The van der Waals surface area contributed by atoms with Crippen LogP contribution < -0.4 is 10.6 Å². The molecule has 1 saturated carbocycles. The molecule has 0 aromatic carbocycles. The average molecular weight is 414 g/mol. The van der Waals surface area contributed by atoms with Crippen molar-refractivity contribution >= 4 is 36.2 Å². The molecule has 4 fully saturated rings. The number of hydrogen-bond acceptors (Lipinski definition) is 5. The van der Waals surface area contributed by atoms with E-state index in [2.05, 4.69) is 10.6 Å². The van der Waals surface area contributed by atoms with Crippen molar-refractivity contribution < 1.29 is 19.2 Å². The largest absolute Gasteiger partial charge is 0.339 e. The van der Waals surface area contributed by atoms with Gasteiger partial charge in [0.15, 0.2) is 0 Å². The van der Waals surface area contributed by atoms with Gasteiger partial charge in [0.05, 0.1) is 6.54 Å². The van der Waals surface area contributed by atoms with E-state index in [0.29, 0.717) is 39.0 Å². The summed E-state index contributed by atoms with van der Waals surface area (Å²) in [6.45, 7) is 2.62. The topological polar surface area (TPSA) is 102 Å². The third-order valence-corrected chi connectivity index (χ3v) is 6.31. The summed E-state index contributed by atoms with van der Waals surface area (Å²) in [6, 6.07) is -0.442. The van der Waals surface area contributed by atoms with Crippen LogP contribution in [0.2, 0.25) is 0 Å². The van der Waals surface area contributed by atoms with Gasteiger partial charge in [0.2, 0.25) is 11.8 Å². The van der Waals surface area contributed by atoms with Crippen LogP contribution in [0.25, 0.3) is 0 Å². The fourth-order valence-electron chi connectivity index (χ4n) is 4.82. The molecule has 1 aliphatic carbocycles. The molecule has 156 valence electrons. The van der Waals surface area contributed by atoms with E-state index in [1.54, 1.807) is 4.90 Å². The van der Waals surface area contributed by atoms with Crippen molar-refractivity contribution in [3.8, 4) is 0 Å². The third-order valence-electron chi connectivity index (χ3n) is 6.31. The molecule has 1 atom stereocenters. The van der Waals surface area contributed by atoms with Gasteiger partial charge in [-0.15, -0.1) is 12.4 Å². The lowest BCUT2D eigenvalue weighted by Gasteiger charge is -2.41. The normalized spacial score (nSPS) is 27.2. The van der Waals surface area contributed by atoms with Gasteiger partial charge in [0, 0.05) is 32.2 Å². The van der Waals surface area contributed by atoms with Gasteiger partial charge in [-0.2, -0.15) is 0 Å². The van der Waals surface area contributed by atoms with Crippen LogP contribution in [0.4, 0.5) is 4.79 Å². The van der Waals surface area contributed by atoms with Crippen molar-refractivity contribution in [1.82, 2.24) is 25.3 Å². The van der Waals surface area contributed by atoms with Crippen molar-refractivity contribution in [2.45, 2.75) is 50.1 Å². The fourth-order valence-corrected chi connectivity index (χ4v) is 4.82. The lowest BCUT2D eigenvalue weighted by molar-refractivity contribution is -0.142. The number of nitrogens with one attached hydrogen (secondary N) is 2. The number of urea groups is 1. The Bertz CT molecular complexity index is 666. The molecule has 0 aromatic heterocycles. The van der Waals surface area contributed by atoms with Crippen LogP contribution in [-0.4, -0.2) is 89.3 Å². The molecular weight excluding hydrogens is 386 g/mol. The van der Waals surface area contributed by atoms with Gasteiger partial charge >= 0.3 is 6.03 Å². The van der Waals surface area contributed by atoms with E-state index in [1.807, 2.05) is 4.90 Å². The van der Waals surface area contributed by atoms with Crippen molar-refractivity contribution in [3.05, 3.63) is 0 Å². The maximum absolute atomic E-state index is 12.8. The van der Waals surface area contributed by atoms with Crippen LogP contribution in [0.15, 0.2) is 0 Å². The van der Waals surface area contributed by atoms with E-state index >= 15 is 0 Å². The van der Waals surface area contributed by atoms with Gasteiger partial charge in [-0.25, -0.2) is 4.79 Å². The molecule has 5 amide bonds. The standard InChI is InChI=1S/C18H27N5O4.ClH/c24-14-10-19-7-9-22(14)13-4-3-8-21(11-13)15(25)12-23-16(26)18(20-17(23)27)5-1-2-6-18;/h13,19H,1-12H2,(H,20,27);1H. The number of nitrogens with zero attached hydrogens (tertiary/aromatic N) is 3. The summed E-state index contributed by atoms with van der Waals surface area (Å²) in [4.78, 5) is 54.6. The minimum atomic E-state index is -0.783. The number of hydrogen-bond donors (Lipinski definition) is 2. The highest BCUT2D eigenvalue weighted by Crippen LogP contribution is 2.35. The van der Waals surface area contributed by atoms with Gasteiger partial charge in [-0.3, -0.25) is 19.3 Å². The monoisotopic (exact) mass is 413 g/mol. The SMILES string of the molecule is Cl.O=C(CN1C(=O)NC2(CCCC2)C1=O)N1CCCC(N2CCNCC2=O)C1. The number of imide groups is 1. The Balaban J connectivity index is 0.00000225. The maximum atomic E-state index is 12.8. The lowest BCUT2D eigenvalue weighted by Crippen LogP contribution is -2.58. The van der Waals surface area contributed by atoms with Gasteiger partial charge in [-0.05, 0) is 25.7 Å². The van der Waals surface area contributed by atoms with Crippen LogP contribution in [0.1, 0.15) is 38.5 Å². The van der Waals surface area contributed by atoms with E-state index < -0.39 is 11.6 Å². The van der Waals surface area contributed by atoms with E-state index in [4.69, 9.17) is 0 Å². The minimum Gasteiger partial charge on any atom is -0.339 e. The zero-order valence-electron chi connectivity index (χ0n) is 15.9. The predicted octanol–water partition coefficient (Wildman–Crippen LogP) is -0.304. The van der Waals surface area contributed by atoms with Crippen molar-refractivity contribution in [2.75, 3.05) is 39.3 Å². The highest BCUT2D eigenvalue weighted by atomic mass is 35.5. The molecule has 10 heteroatoms. The van der Waals surface area contributed by atoms with Crippen LogP contribution in [0.3, 0.4) is 0 Å². The first-order chi connectivity index (χ1) is 13.0. The Morgan fingerprint density at radius 3 is 2.57 bits per heavy atom. The Morgan fingerprint density at radius 1 is 1.11 bits per heavy atom. The molecule has 0 radical (unpaired) electrons. The number of carbonyl (C=O) groups excluding carboxylic acids is 4. The highest BCUT2D eigenvalue weighted by molar-refractivity contribution is 6.09. The molecule has 2 N–H and O–H groups in total. The molecule has 4 aliphatic rings. The Morgan fingerprint density at radius 2 is 1.86 bits per heavy atom. The molecule has 3 saturated heterocycles. The molecule has 1 spiro atoms. The molecule has 3 aliphatic heterocycles. The summed E-state index contributed by atoms with van der Waals surface area (Å²) in [5, 5.41) is 5.87. The first kappa shape index (κ1) is 20.9. The average Bonchev–Trinajstić information content (AvgIpc) is 3.23. The molecular formula is C18H28ClN5O4. The van der Waals surface area contributed by atoms with E-state index in [-0.39, 0.29) is 42.7 Å². The summed E-state index contributed by atoms with van der Waals surface area (Å²) >= 11 is 0. The number of likely N-dealkylation sites (tertiary alicyclic amines) is 1. The predicted molar refractivity (Wildman–Crippen MR) is 103 cm³/mol. The second-order valence-corrected chi connectivity index (χ2v) is 8.01. The summed E-state index contributed by atoms with van der Waals surface area (Å²) in [7, 11) is 0. The molecule has 4 rings (SSSR count). The Labute approximate surface area is 170 Å². The van der Waals surface area contributed by atoms with Gasteiger partial charge in [0.25, 0.3) is 5.91 Å². The summed E-state index contributed by atoms with van der Waals surface area (Å²) in [5.74, 6) is -0.414. The van der Waals surface area contributed by atoms with E-state index in [9.17, 15) is 19.2 Å². The van der Waals surface area contributed by atoms with Gasteiger partial charge in [-0.1, -0.05) is 12.8 Å². The van der Waals surface area contributed by atoms with Crippen LogP contribution in [0, 0.1) is 0 Å². The number of piperazine rings is 1. The lowest BCUT2D eigenvalue weighted by atomic mass is 9.98. The molecule has 0 bridgehead atoms. The quantitative estimate of drug-likeness (QED) is 0.618. The fraction of sp³-hybridized carbons (Fsp3) is 0.778. The third kappa shape index (κ3) is 3.69. The van der Waals surface area contributed by atoms with Crippen LogP contribution in [-0.2, 0) is 14.4 Å². The smallest absolute Gasteiger partial charge is 0.325 e. The summed E-state index contributed by atoms with van der Waals surface area (Å²) in [6.07, 6.45) is 4.83. The number of halogens is 1. The van der Waals surface area contributed by atoms with Crippen LogP contribution in [0.5, 0.6) is 0 Å². The molecule has 28 heavy (non-hydrogen) atoms. The molecule has 0 aromatic rings. The van der Waals surface area contributed by atoms with Crippen molar-refractivity contribution in [1.29, 1.82) is 0 Å².